The lowest BCUT2D eigenvalue weighted by atomic mass is 10.1. The molecule has 0 aromatic heterocycles. The zero-order chi connectivity index (χ0) is 11.4. The molecule has 0 heterocycles. The molecule has 2 heteroatoms. The Morgan fingerprint density at radius 3 is 2.27 bits per heavy atom. The maximum atomic E-state index is 12.7. The van der Waals surface area contributed by atoms with Crippen LogP contribution in [0.4, 0.5) is 4.39 Å². The zero-order valence-corrected chi connectivity index (χ0v) is 9.09. The molecule has 0 radical (unpaired) electrons. The van der Waals surface area contributed by atoms with Gasteiger partial charge in [0.15, 0.2) is 0 Å². The molecule has 0 spiro atoms. The van der Waals surface area contributed by atoms with E-state index in [0.717, 1.165) is 11.1 Å². The summed E-state index contributed by atoms with van der Waals surface area (Å²) in [6.07, 6.45) is -0.144. The van der Waals surface area contributed by atoms with E-state index >= 15 is 0 Å². The van der Waals surface area contributed by atoms with Crippen LogP contribution in [0.1, 0.15) is 25.5 Å². The Morgan fingerprint density at radius 1 is 1.27 bits per heavy atom. The van der Waals surface area contributed by atoms with Gasteiger partial charge in [-0.05, 0) is 37.1 Å². The molecule has 15 heavy (non-hydrogen) atoms. The first-order valence-corrected chi connectivity index (χ1v) is 4.77. The highest BCUT2D eigenvalue weighted by molar-refractivity contribution is 5.21. The second-order valence-corrected chi connectivity index (χ2v) is 3.52. The predicted molar refractivity (Wildman–Crippen MR) is 59.9 cm³/mol. The Morgan fingerprint density at radius 2 is 1.80 bits per heavy atom. The van der Waals surface area contributed by atoms with Gasteiger partial charge >= 0.3 is 0 Å². The van der Waals surface area contributed by atoms with Gasteiger partial charge < -0.3 is 4.74 Å². The molecule has 0 fully saturated rings. The SMILES string of the molecule is C=C(C)C(=C)OC(C)c1ccc(F)cc1. The normalized spacial score (nSPS) is 11.9. The highest BCUT2D eigenvalue weighted by Crippen LogP contribution is 2.21. The summed E-state index contributed by atoms with van der Waals surface area (Å²) in [6.45, 7) is 11.2. The summed E-state index contributed by atoms with van der Waals surface area (Å²) in [5.41, 5.74) is 1.71. The lowest BCUT2D eigenvalue weighted by Crippen LogP contribution is -2.00. The first-order valence-electron chi connectivity index (χ1n) is 4.77. The van der Waals surface area contributed by atoms with Crippen molar-refractivity contribution in [3.05, 3.63) is 60.1 Å². The number of hydrogen-bond acceptors (Lipinski definition) is 1. The summed E-state index contributed by atoms with van der Waals surface area (Å²) < 4.78 is 18.2. The molecule has 1 atom stereocenters. The molecular formula is C13H15FO. The standard InChI is InChI=1S/C13H15FO/c1-9(2)10(3)15-11(4)12-5-7-13(14)8-6-12/h5-8,11H,1,3H2,2,4H3. The maximum absolute atomic E-state index is 12.7. The molecule has 1 aromatic carbocycles. The van der Waals surface area contributed by atoms with Crippen LogP contribution < -0.4 is 0 Å². The van der Waals surface area contributed by atoms with E-state index in [4.69, 9.17) is 4.74 Å². The molecule has 0 saturated carbocycles. The van der Waals surface area contributed by atoms with Crippen molar-refractivity contribution in [1.82, 2.24) is 0 Å². The van der Waals surface area contributed by atoms with Crippen molar-refractivity contribution in [2.45, 2.75) is 20.0 Å². The van der Waals surface area contributed by atoms with Gasteiger partial charge in [-0.1, -0.05) is 25.3 Å². The number of allylic oxidation sites excluding steroid dienone is 1. The van der Waals surface area contributed by atoms with E-state index in [0.29, 0.717) is 5.76 Å². The second-order valence-electron chi connectivity index (χ2n) is 3.52. The minimum Gasteiger partial charge on any atom is -0.486 e. The van der Waals surface area contributed by atoms with Crippen LogP contribution in [0.25, 0.3) is 0 Å². The van der Waals surface area contributed by atoms with Crippen molar-refractivity contribution in [2.24, 2.45) is 0 Å². The number of hydrogen-bond donors (Lipinski definition) is 0. The summed E-state index contributed by atoms with van der Waals surface area (Å²) in [4.78, 5) is 0. The van der Waals surface area contributed by atoms with E-state index in [-0.39, 0.29) is 11.9 Å². The Balaban J connectivity index is 2.69. The molecule has 80 valence electrons. The fraction of sp³-hybridized carbons (Fsp3) is 0.231. The average molecular weight is 206 g/mol. The van der Waals surface area contributed by atoms with Crippen molar-refractivity contribution in [2.75, 3.05) is 0 Å². The van der Waals surface area contributed by atoms with Crippen LogP contribution in [0.5, 0.6) is 0 Å². The first-order chi connectivity index (χ1) is 7.00. The van der Waals surface area contributed by atoms with Gasteiger partial charge in [0.2, 0.25) is 0 Å². The molecule has 1 rings (SSSR count). The van der Waals surface area contributed by atoms with Crippen LogP contribution in [-0.4, -0.2) is 0 Å². The van der Waals surface area contributed by atoms with Crippen LogP contribution >= 0.6 is 0 Å². The Bertz CT molecular complexity index is 365. The lowest BCUT2D eigenvalue weighted by molar-refractivity contribution is 0.141. The van der Waals surface area contributed by atoms with Crippen LogP contribution in [0.2, 0.25) is 0 Å². The summed E-state index contributed by atoms with van der Waals surface area (Å²) >= 11 is 0. The summed E-state index contributed by atoms with van der Waals surface area (Å²) in [5.74, 6) is 0.316. The molecular weight excluding hydrogens is 191 g/mol. The third-order valence-electron chi connectivity index (χ3n) is 2.13. The molecule has 0 bridgehead atoms. The third-order valence-corrected chi connectivity index (χ3v) is 2.13. The molecule has 0 N–H and O–H groups in total. The number of halogens is 1. The minimum absolute atomic E-state index is 0.144. The van der Waals surface area contributed by atoms with E-state index in [1.165, 1.54) is 12.1 Å². The lowest BCUT2D eigenvalue weighted by Gasteiger charge is -2.16. The van der Waals surface area contributed by atoms with Crippen molar-refractivity contribution in [1.29, 1.82) is 0 Å². The van der Waals surface area contributed by atoms with Crippen molar-refractivity contribution >= 4 is 0 Å². The Hall–Kier alpha value is -1.57. The van der Waals surface area contributed by atoms with Gasteiger partial charge in [0.25, 0.3) is 0 Å². The van der Waals surface area contributed by atoms with Gasteiger partial charge in [-0.25, -0.2) is 4.39 Å². The van der Waals surface area contributed by atoms with E-state index in [1.807, 2.05) is 13.8 Å². The topological polar surface area (TPSA) is 9.23 Å². The highest BCUT2D eigenvalue weighted by atomic mass is 19.1. The van der Waals surface area contributed by atoms with Crippen LogP contribution in [0.3, 0.4) is 0 Å². The summed E-state index contributed by atoms with van der Waals surface area (Å²) in [5, 5.41) is 0. The monoisotopic (exact) mass is 206 g/mol. The Labute approximate surface area is 89.9 Å². The van der Waals surface area contributed by atoms with Gasteiger partial charge in [-0.15, -0.1) is 0 Å². The molecule has 0 aliphatic carbocycles. The second kappa shape index (κ2) is 4.78. The molecule has 1 nitrogen and oxygen atoms in total. The van der Waals surface area contributed by atoms with Gasteiger partial charge in [0, 0.05) is 0 Å². The van der Waals surface area contributed by atoms with Gasteiger partial charge in [-0.3, -0.25) is 0 Å². The van der Waals surface area contributed by atoms with E-state index in [9.17, 15) is 4.39 Å². The fourth-order valence-electron chi connectivity index (χ4n) is 1.12. The quantitative estimate of drug-likeness (QED) is 0.534. The Kier molecular flexibility index (Phi) is 3.67. The predicted octanol–water partition coefficient (Wildman–Crippen LogP) is 3.99. The number of benzene rings is 1. The van der Waals surface area contributed by atoms with Crippen LogP contribution in [0.15, 0.2) is 48.8 Å². The fourth-order valence-corrected chi connectivity index (χ4v) is 1.12. The van der Waals surface area contributed by atoms with Gasteiger partial charge in [0.05, 0.1) is 0 Å². The molecule has 0 aliphatic rings. The van der Waals surface area contributed by atoms with Crippen molar-refractivity contribution in [3.8, 4) is 0 Å². The number of rotatable bonds is 4. The van der Waals surface area contributed by atoms with E-state index in [1.54, 1.807) is 12.1 Å². The van der Waals surface area contributed by atoms with Crippen LogP contribution in [0, 0.1) is 5.82 Å². The van der Waals surface area contributed by atoms with E-state index < -0.39 is 0 Å². The molecule has 1 aromatic rings. The van der Waals surface area contributed by atoms with E-state index in [2.05, 4.69) is 13.2 Å². The van der Waals surface area contributed by atoms with Crippen molar-refractivity contribution in [3.63, 3.8) is 0 Å². The summed E-state index contributed by atoms with van der Waals surface area (Å²) in [7, 11) is 0. The first kappa shape index (κ1) is 11.5. The largest absolute Gasteiger partial charge is 0.486 e. The average Bonchev–Trinajstić information content (AvgIpc) is 2.18. The number of ether oxygens (including phenoxy) is 1. The summed E-state index contributed by atoms with van der Waals surface area (Å²) in [6, 6.07) is 6.23. The molecule has 0 amide bonds. The minimum atomic E-state index is -0.246. The van der Waals surface area contributed by atoms with Gasteiger partial charge in [-0.2, -0.15) is 0 Å². The molecule has 0 aliphatic heterocycles. The third kappa shape index (κ3) is 3.24. The zero-order valence-electron chi connectivity index (χ0n) is 9.09. The van der Waals surface area contributed by atoms with Crippen LogP contribution in [-0.2, 0) is 4.74 Å². The molecule has 1 unspecified atom stereocenters. The van der Waals surface area contributed by atoms with Crippen molar-refractivity contribution < 1.29 is 9.13 Å². The maximum Gasteiger partial charge on any atom is 0.123 e. The molecule has 0 saturated heterocycles. The van der Waals surface area contributed by atoms with Gasteiger partial charge in [0.1, 0.15) is 17.7 Å². The smallest absolute Gasteiger partial charge is 0.123 e. The highest BCUT2D eigenvalue weighted by Gasteiger charge is 2.07.